The minimum Gasteiger partial charge on any atom is -0.399 e. The van der Waals surface area contributed by atoms with Gasteiger partial charge in [-0.15, -0.1) is 0 Å². The molecule has 1 aromatic carbocycles. The van der Waals surface area contributed by atoms with E-state index in [1.807, 2.05) is 43.5 Å². The van der Waals surface area contributed by atoms with Crippen LogP contribution in [0.25, 0.3) is 10.9 Å². The van der Waals surface area contributed by atoms with Crippen LogP contribution in [0.2, 0.25) is 0 Å². The maximum absolute atomic E-state index is 5.78. The highest BCUT2D eigenvalue weighted by molar-refractivity contribution is 5.92. The minimum absolute atomic E-state index is 0.727. The summed E-state index contributed by atoms with van der Waals surface area (Å²) in [7, 11) is 0. The molecular weight excluding hydrogens is 248 g/mol. The van der Waals surface area contributed by atoms with Crippen LogP contribution in [0.4, 0.5) is 11.4 Å². The molecule has 3 N–H and O–H groups in total. The molecule has 0 radical (unpaired) electrons. The third-order valence-corrected chi connectivity index (χ3v) is 3.22. The van der Waals surface area contributed by atoms with E-state index >= 15 is 0 Å². The van der Waals surface area contributed by atoms with E-state index < -0.39 is 0 Å². The number of fused-ring (bicyclic) bond motifs is 1. The molecule has 0 bridgehead atoms. The number of nitrogens with two attached hydrogens (primary N) is 1. The lowest BCUT2D eigenvalue weighted by Crippen LogP contribution is -2.01. The van der Waals surface area contributed by atoms with Gasteiger partial charge in [0.2, 0.25) is 0 Å². The quantitative estimate of drug-likeness (QED) is 0.713. The summed E-state index contributed by atoms with van der Waals surface area (Å²) in [6, 6.07) is 11.8. The number of anilines is 2. The molecule has 0 spiro atoms. The Bertz CT molecular complexity index is 735. The fourth-order valence-electron chi connectivity index (χ4n) is 2.12. The van der Waals surface area contributed by atoms with Crippen LogP contribution in [-0.4, -0.2) is 9.97 Å². The van der Waals surface area contributed by atoms with E-state index in [1.165, 1.54) is 0 Å². The summed E-state index contributed by atoms with van der Waals surface area (Å²) in [5, 5.41) is 4.49. The minimum atomic E-state index is 0.727. The van der Waals surface area contributed by atoms with Crippen LogP contribution in [0.1, 0.15) is 11.3 Å². The Morgan fingerprint density at radius 2 is 2.00 bits per heavy atom. The first-order valence-corrected chi connectivity index (χ1v) is 6.52. The lowest BCUT2D eigenvalue weighted by atomic mass is 10.1. The molecule has 0 atom stereocenters. The lowest BCUT2D eigenvalue weighted by molar-refractivity contribution is 1.09. The number of hydrogen-bond acceptors (Lipinski definition) is 4. The zero-order chi connectivity index (χ0) is 13.9. The molecule has 2 heterocycles. The second-order valence-electron chi connectivity index (χ2n) is 4.80. The molecule has 0 saturated heterocycles. The topological polar surface area (TPSA) is 63.8 Å². The van der Waals surface area contributed by atoms with Crippen molar-refractivity contribution in [3.05, 3.63) is 60.0 Å². The van der Waals surface area contributed by atoms with Gasteiger partial charge in [0.25, 0.3) is 0 Å². The average molecular weight is 264 g/mol. The molecule has 0 saturated carbocycles. The molecule has 0 fully saturated rings. The molecule has 4 nitrogen and oxygen atoms in total. The van der Waals surface area contributed by atoms with Gasteiger partial charge < -0.3 is 11.1 Å². The molecular formula is C16H16N4. The number of aryl methyl sites for hydroxylation is 1. The number of aromatic nitrogens is 2. The summed E-state index contributed by atoms with van der Waals surface area (Å²) in [6.07, 6.45) is 3.68. The second-order valence-corrected chi connectivity index (χ2v) is 4.80. The van der Waals surface area contributed by atoms with Crippen molar-refractivity contribution in [2.45, 2.75) is 13.5 Å². The van der Waals surface area contributed by atoms with Gasteiger partial charge in [-0.3, -0.25) is 9.97 Å². The number of hydrogen-bond donors (Lipinski definition) is 2. The Kier molecular flexibility index (Phi) is 3.21. The number of nitrogens with one attached hydrogen (secondary N) is 1. The van der Waals surface area contributed by atoms with Gasteiger partial charge in [0.1, 0.15) is 0 Å². The highest BCUT2D eigenvalue weighted by atomic mass is 14.9. The largest absolute Gasteiger partial charge is 0.399 e. The van der Waals surface area contributed by atoms with Crippen LogP contribution in [0.15, 0.2) is 48.8 Å². The summed E-state index contributed by atoms with van der Waals surface area (Å²) in [5.74, 6) is 0. The zero-order valence-electron chi connectivity index (χ0n) is 11.3. The van der Waals surface area contributed by atoms with Crippen LogP contribution in [0.5, 0.6) is 0 Å². The summed E-state index contributed by atoms with van der Waals surface area (Å²) in [6.45, 7) is 2.72. The summed E-state index contributed by atoms with van der Waals surface area (Å²) in [4.78, 5) is 8.63. The van der Waals surface area contributed by atoms with E-state index in [-0.39, 0.29) is 0 Å². The first-order valence-electron chi connectivity index (χ1n) is 6.52. The van der Waals surface area contributed by atoms with Gasteiger partial charge >= 0.3 is 0 Å². The predicted molar refractivity (Wildman–Crippen MR) is 82.5 cm³/mol. The van der Waals surface area contributed by atoms with Gasteiger partial charge in [-0.1, -0.05) is 6.07 Å². The number of pyridine rings is 2. The maximum Gasteiger partial charge on any atom is 0.0743 e. The molecule has 3 aromatic rings. The number of rotatable bonds is 3. The van der Waals surface area contributed by atoms with Crippen molar-refractivity contribution in [1.29, 1.82) is 0 Å². The Morgan fingerprint density at radius 3 is 2.80 bits per heavy atom. The number of nitrogen functional groups attached to an aromatic ring is 1. The third-order valence-electron chi connectivity index (χ3n) is 3.22. The first-order chi connectivity index (χ1) is 9.72. The normalized spacial score (nSPS) is 10.7. The first kappa shape index (κ1) is 12.4. The molecule has 2 aromatic heterocycles. The van der Waals surface area contributed by atoms with E-state index in [1.54, 1.807) is 6.20 Å². The lowest BCUT2D eigenvalue weighted by Gasteiger charge is -2.10. The van der Waals surface area contributed by atoms with E-state index in [2.05, 4.69) is 21.4 Å². The van der Waals surface area contributed by atoms with Crippen molar-refractivity contribution in [1.82, 2.24) is 9.97 Å². The molecule has 100 valence electrons. The maximum atomic E-state index is 5.78. The van der Waals surface area contributed by atoms with Crippen molar-refractivity contribution in [3.63, 3.8) is 0 Å². The summed E-state index contributed by atoms with van der Waals surface area (Å²) >= 11 is 0. The van der Waals surface area contributed by atoms with Crippen molar-refractivity contribution in [2.75, 3.05) is 11.1 Å². The molecule has 0 aliphatic rings. The van der Waals surface area contributed by atoms with Gasteiger partial charge in [-0.25, -0.2) is 0 Å². The van der Waals surface area contributed by atoms with Gasteiger partial charge in [0, 0.05) is 41.4 Å². The predicted octanol–water partition coefficient (Wildman–Crippen LogP) is 3.13. The van der Waals surface area contributed by atoms with Crippen LogP contribution < -0.4 is 11.1 Å². The standard InChI is InChI=1S/C16H16N4/c1-11-2-3-12(9-19-11)10-20-15-6-7-18-16-8-13(17)4-5-14(15)16/h2-9H,10,17H2,1H3,(H,18,20). The summed E-state index contributed by atoms with van der Waals surface area (Å²) < 4.78 is 0. The van der Waals surface area contributed by atoms with E-state index in [0.717, 1.165) is 40.1 Å². The summed E-state index contributed by atoms with van der Waals surface area (Å²) in [5.41, 5.74) is 10.6. The second kappa shape index (κ2) is 5.17. The van der Waals surface area contributed by atoms with Crippen LogP contribution in [0.3, 0.4) is 0 Å². The van der Waals surface area contributed by atoms with Crippen molar-refractivity contribution >= 4 is 22.3 Å². The zero-order valence-corrected chi connectivity index (χ0v) is 11.3. The van der Waals surface area contributed by atoms with Crippen molar-refractivity contribution in [2.24, 2.45) is 0 Å². The number of nitrogens with zero attached hydrogens (tertiary/aromatic N) is 2. The Labute approximate surface area is 117 Å². The van der Waals surface area contributed by atoms with Gasteiger partial charge in [0.15, 0.2) is 0 Å². The molecule has 4 heteroatoms. The van der Waals surface area contributed by atoms with Crippen LogP contribution in [-0.2, 0) is 6.54 Å². The highest BCUT2D eigenvalue weighted by Gasteiger charge is 2.02. The van der Waals surface area contributed by atoms with Gasteiger partial charge in [0.05, 0.1) is 5.52 Å². The fraction of sp³-hybridized carbons (Fsp3) is 0.125. The van der Waals surface area contributed by atoms with E-state index in [0.29, 0.717) is 0 Å². The Hall–Kier alpha value is -2.62. The smallest absolute Gasteiger partial charge is 0.0743 e. The molecule has 0 amide bonds. The average Bonchev–Trinajstić information content (AvgIpc) is 2.46. The fourth-order valence-corrected chi connectivity index (χ4v) is 2.12. The van der Waals surface area contributed by atoms with Gasteiger partial charge in [-0.2, -0.15) is 0 Å². The molecule has 0 unspecified atom stereocenters. The third kappa shape index (κ3) is 2.54. The Morgan fingerprint density at radius 1 is 1.10 bits per heavy atom. The van der Waals surface area contributed by atoms with E-state index in [9.17, 15) is 0 Å². The molecule has 0 aliphatic heterocycles. The van der Waals surface area contributed by atoms with Crippen molar-refractivity contribution < 1.29 is 0 Å². The van der Waals surface area contributed by atoms with E-state index in [4.69, 9.17) is 5.73 Å². The van der Waals surface area contributed by atoms with Crippen molar-refractivity contribution in [3.8, 4) is 0 Å². The van der Waals surface area contributed by atoms with Crippen LogP contribution >= 0.6 is 0 Å². The van der Waals surface area contributed by atoms with Gasteiger partial charge in [-0.05, 0) is 42.8 Å². The highest BCUT2D eigenvalue weighted by Crippen LogP contribution is 2.23. The Balaban J connectivity index is 1.85. The monoisotopic (exact) mass is 264 g/mol. The molecule has 20 heavy (non-hydrogen) atoms. The SMILES string of the molecule is Cc1ccc(CNc2ccnc3cc(N)ccc23)cn1. The molecule has 0 aliphatic carbocycles. The molecule has 3 rings (SSSR count). The van der Waals surface area contributed by atoms with Crippen LogP contribution in [0, 0.1) is 6.92 Å². The number of benzene rings is 1.